The maximum Gasteiger partial charge on any atom is 0.251 e. The van der Waals surface area contributed by atoms with Gasteiger partial charge in [0.1, 0.15) is 12.4 Å². The quantitative estimate of drug-likeness (QED) is 0.318. The van der Waals surface area contributed by atoms with Crippen LogP contribution in [0.1, 0.15) is 45.7 Å². The van der Waals surface area contributed by atoms with Gasteiger partial charge in [0.15, 0.2) is 5.78 Å². The topological polar surface area (TPSA) is 92.8 Å². The number of hydrogen-bond donors (Lipinski definition) is 1. The van der Waals surface area contributed by atoms with E-state index in [-0.39, 0.29) is 18.2 Å². The third-order valence-corrected chi connectivity index (χ3v) is 6.61. The van der Waals surface area contributed by atoms with Gasteiger partial charge in [-0.2, -0.15) is 0 Å². The second kappa shape index (κ2) is 11.7. The minimum atomic E-state index is -3.60. The number of carbonyl (C=O) groups excluding carboxylic acids is 2. The van der Waals surface area contributed by atoms with Crippen LogP contribution < -0.4 is 14.4 Å². The molecule has 0 saturated carbocycles. The summed E-state index contributed by atoms with van der Waals surface area (Å²) in [6.07, 6.45) is 2.09. The number of Topliss-reactive ketones (excluding diaryl/α,β-unsaturated/α-hetero) is 1. The fourth-order valence-corrected chi connectivity index (χ4v) is 4.34. The predicted molar refractivity (Wildman–Crippen MR) is 138 cm³/mol. The van der Waals surface area contributed by atoms with Crippen molar-refractivity contribution in [2.45, 2.75) is 26.8 Å². The Bertz CT molecular complexity index is 1270. The zero-order valence-corrected chi connectivity index (χ0v) is 21.0. The highest BCUT2D eigenvalue weighted by Gasteiger charge is 2.19. The third kappa shape index (κ3) is 7.42. The van der Waals surface area contributed by atoms with Crippen LogP contribution in [0.3, 0.4) is 0 Å². The lowest BCUT2D eigenvalue weighted by Gasteiger charge is -2.23. The van der Waals surface area contributed by atoms with E-state index in [1.165, 1.54) is 16.8 Å². The molecular weight excluding hydrogens is 464 g/mol. The number of ether oxygens (including phenoxy) is 1. The van der Waals surface area contributed by atoms with Gasteiger partial charge in [-0.05, 0) is 60.9 Å². The fourth-order valence-electron chi connectivity index (χ4n) is 3.46. The van der Waals surface area contributed by atoms with Crippen molar-refractivity contribution in [2.75, 3.05) is 23.7 Å². The SMILES string of the molecule is CCc1ccc(OCCNC(=O)c2ccc(CN(c3cccc(C(C)=O)c3)S(C)(=O)=O)cc2)cc1. The number of nitrogens with one attached hydrogen (secondary N) is 1. The van der Waals surface area contributed by atoms with E-state index in [4.69, 9.17) is 4.74 Å². The van der Waals surface area contributed by atoms with Gasteiger partial charge < -0.3 is 10.1 Å². The normalized spacial score (nSPS) is 11.1. The summed E-state index contributed by atoms with van der Waals surface area (Å²) in [5, 5.41) is 2.82. The van der Waals surface area contributed by atoms with Gasteiger partial charge in [-0.15, -0.1) is 0 Å². The van der Waals surface area contributed by atoms with E-state index < -0.39 is 10.0 Å². The molecule has 3 rings (SSSR count). The van der Waals surface area contributed by atoms with Gasteiger partial charge in [-0.3, -0.25) is 13.9 Å². The number of ketones is 1. The molecule has 0 heterocycles. The van der Waals surface area contributed by atoms with Gasteiger partial charge in [0.25, 0.3) is 5.91 Å². The Morgan fingerprint density at radius 1 is 0.914 bits per heavy atom. The molecule has 0 atom stereocenters. The van der Waals surface area contributed by atoms with Gasteiger partial charge >= 0.3 is 0 Å². The van der Waals surface area contributed by atoms with Crippen LogP contribution in [0.2, 0.25) is 0 Å². The van der Waals surface area contributed by atoms with E-state index >= 15 is 0 Å². The fraction of sp³-hybridized carbons (Fsp3) is 0.259. The lowest BCUT2D eigenvalue weighted by molar-refractivity contribution is 0.0946. The van der Waals surface area contributed by atoms with Crippen molar-refractivity contribution >= 4 is 27.4 Å². The van der Waals surface area contributed by atoms with Crippen LogP contribution in [0.5, 0.6) is 5.75 Å². The standard InChI is InChI=1S/C27H30N2O5S/c1-4-21-10-14-26(15-11-21)34-17-16-28-27(31)23-12-8-22(9-13-23)19-29(35(3,32)33)25-7-5-6-24(18-25)20(2)30/h5-15,18H,4,16-17,19H2,1-3H3,(H,28,31). The summed E-state index contributed by atoms with van der Waals surface area (Å²) in [6.45, 7) is 4.30. The molecule has 0 saturated heterocycles. The molecule has 8 heteroatoms. The number of nitrogens with zero attached hydrogens (tertiary/aromatic N) is 1. The van der Waals surface area contributed by atoms with Crippen molar-refractivity contribution in [2.24, 2.45) is 0 Å². The second-order valence-corrected chi connectivity index (χ2v) is 10.1. The third-order valence-electron chi connectivity index (χ3n) is 5.47. The number of carbonyl (C=O) groups is 2. The zero-order chi connectivity index (χ0) is 25.4. The monoisotopic (exact) mass is 494 g/mol. The van der Waals surface area contributed by atoms with Gasteiger partial charge in [-0.25, -0.2) is 8.42 Å². The Hall–Kier alpha value is -3.65. The number of hydrogen-bond acceptors (Lipinski definition) is 5. The van der Waals surface area contributed by atoms with E-state index in [2.05, 4.69) is 12.2 Å². The van der Waals surface area contributed by atoms with Crippen molar-refractivity contribution in [3.05, 3.63) is 95.1 Å². The van der Waals surface area contributed by atoms with E-state index in [1.807, 2.05) is 24.3 Å². The predicted octanol–water partition coefficient (Wildman–Crippen LogP) is 4.23. The maximum atomic E-state index is 12.5. The highest BCUT2D eigenvalue weighted by molar-refractivity contribution is 7.92. The lowest BCUT2D eigenvalue weighted by Crippen LogP contribution is -2.30. The van der Waals surface area contributed by atoms with Crippen molar-refractivity contribution in [1.82, 2.24) is 5.32 Å². The van der Waals surface area contributed by atoms with Gasteiger partial charge in [0, 0.05) is 11.1 Å². The molecule has 1 N–H and O–H groups in total. The molecule has 0 unspecified atom stereocenters. The molecule has 0 fully saturated rings. The number of amides is 1. The van der Waals surface area contributed by atoms with E-state index in [0.717, 1.165) is 18.4 Å². The van der Waals surface area contributed by atoms with Crippen LogP contribution >= 0.6 is 0 Å². The Kier molecular flexibility index (Phi) is 8.65. The summed E-state index contributed by atoms with van der Waals surface area (Å²) in [5.74, 6) is 0.371. The molecule has 0 aliphatic rings. The minimum Gasteiger partial charge on any atom is -0.492 e. The van der Waals surface area contributed by atoms with Crippen LogP contribution in [0, 0.1) is 0 Å². The van der Waals surface area contributed by atoms with Crippen LogP contribution in [-0.4, -0.2) is 39.5 Å². The number of anilines is 1. The van der Waals surface area contributed by atoms with E-state index in [0.29, 0.717) is 35.5 Å². The molecule has 0 spiro atoms. The van der Waals surface area contributed by atoms with Crippen molar-refractivity contribution in [3.63, 3.8) is 0 Å². The molecule has 7 nitrogen and oxygen atoms in total. The smallest absolute Gasteiger partial charge is 0.251 e. The highest BCUT2D eigenvalue weighted by Crippen LogP contribution is 2.22. The molecule has 35 heavy (non-hydrogen) atoms. The number of rotatable bonds is 11. The number of sulfonamides is 1. The molecule has 0 bridgehead atoms. The maximum absolute atomic E-state index is 12.5. The van der Waals surface area contributed by atoms with Crippen LogP contribution in [0.4, 0.5) is 5.69 Å². The van der Waals surface area contributed by atoms with Crippen LogP contribution in [-0.2, 0) is 23.0 Å². The highest BCUT2D eigenvalue weighted by atomic mass is 32.2. The molecule has 0 aliphatic heterocycles. The summed E-state index contributed by atoms with van der Waals surface area (Å²) in [7, 11) is -3.60. The molecule has 0 radical (unpaired) electrons. The Balaban J connectivity index is 1.58. The Labute approximate surface area is 206 Å². The molecular formula is C27H30N2O5S. The first-order valence-electron chi connectivity index (χ1n) is 11.3. The number of benzene rings is 3. The first kappa shape index (κ1) is 26.0. The molecule has 0 aliphatic carbocycles. The average molecular weight is 495 g/mol. The Morgan fingerprint density at radius 3 is 2.17 bits per heavy atom. The summed E-state index contributed by atoms with van der Waals surface area (Å²) in [6, 6.07) is 21.1. The van der Waals surface area contributed by atoms with Crippen LogP contribution in [0.15, 0.2) is 72.8 Å². The molecule has 184 valence electrons. The van der Waals surface area contributed by atoms with E-state index in [1.54, 1.807) is 48.5 Å². The summed E-state index contributed by atoms with van der Waals surface area (Å²) < 4.78 is 31.8. The number of aryl methyl sites for hydroxylation is 1. The van der Waals surface area contributed by atoms with Crippen molar-refractivity contribution < 1.29 is 22.7 Å². The van der Waals surface area contributed by atoms with Crippen molar-refractivity contribution in [3.8, 4) is 5.75 Å². The Morgan fingerprint density at radius 2 is 1.57 bits per heavy atom. The minimum absolute atomic E-state index is 0.0761. The first-order valence-corrected chi connectivity index (χ1v) is 13.2. The average Bonchev–Trinajstić information content (AvgIpc) is 2.85. The van der Waals surface area contributed by atoms with E-state index in [9.17, 15) is 18.0 Å². The van der Waals surface area contributed by atoms with Crippen LogP contribution in [0.25, 0.3) is 0 Å². The van der Waals surface area contributed by atoms with Crippen molar-refractivity contribution in [1.29, 1.82) is 0 Å². The lowest BCUT2D eigenvalue weighted by atomic mass is 10.1. The summed E-state index contributed by atoms with van der Waals surface area (Å²) in [4.78, 5) is 24.2. The largest absolute Gasteiger partial charge is 0.492 e. The summed E-state index contributed by atoms with van der Waals surface area (Å²) >= 11 is 0. The molecule has 3 aromatic carbocycles. The second-order valence-electron chi connectivity index (χ2n) is 8.17. The zero-order valence-electron chi connectivity index (χ0n) is 20.2. The van der Waals surface area contributed by atoms with Gasteiger partial charge in [0.2, 0.25) is 10.0 Å². The molecule has 1 amide bonds. The molecule has 0 aromatic heterocycles. The summed E-state index contributed by atoms with van der Waals surface area (Å²) in [5.41, 5.74) is 3.25. The molecule has 3 aromatic rings. The first-order chi connectivity index (χ1) is 16.7. The van der Waals surface area contributed by atoms with Gasteiger partial charge in [-0.1, -0.05) is 43.3 Å². The van der Waals surface area contributed by atoms with Gasteiger partial charge in [0.05, 0.1) is 25.0 Å².